The molecule has 0 bridgehead atoms. The Hall–Kier alpha value is -2.36. The van der Waals surface area contributed by atoms with Gasteiger partial charge in [-0.25, -0.2) is 0 Å². The Morgan fingerprint density at radius 3 is 2.53 bits per heavy atom. The van der Waals surface area contributed by atoms with Crippen LogP contribution in [0.3, 0.4) is 0 Å². The Labute approximate surface area is 294 Å². The number of para-hydroxylation sites is 1. The number of halogens is 1. The van der Waals surface area contributed by atoms with Crippen LogP contribution >= 0.6 is 33.2 Å². The summed E-state index contributed by atoms with van der Waals surface area (Å²) >= 11 is 6.43. The van der Waals surface area contributed by atoms with E-state index in [2.05, 4.69) is 74.4 Å². The predicted molar refractivity (Wildman–Crippen MR) is 200 cm³/mol. The van der Waals surface area contributed by atoms with Crippen molar-refractivity contribution in [1.29, 1.82) is 0 Å². The summed E-state index contributed by atoms with van der Waals surface area (Å²) in [5.41, 5.74) is 8.39. The summed E-state index contributed by atoms with van der Waals surface area (Å²) in [6, 6.07) is 19.2. The fourth-order valence-corrected chi connectivity index (χ4v) is 8.94. The Kier molecular flexibility index (Phi) is 12.9. The van der Waals surface area contributed by atoms with E-state index in [4.69, 9.17) is 25.8 Å². The van der Waals surface area contributed by atoms with Crippen LogP contribution in [-0.2, 0) is 34.8 Å². The van der Waals surface area contributed by atoms with Gasteiger partial charge in [0.05, 0.1) is 19.8 Å². The van der Waals surface area contributed by atoms with Crippen molar-refractivity contribution in [3.8, 4) is 5.75 Å². The van der Waals surface area contributed by atoms with Crippen molar-refractivity contribution in [2.24, 2.45) is 0 Å². The number of benzene rings is 3. The largest absolute Gasteiger partial charge is 0.489 e. The van der Waals surface area contributed by atoms with Gasteiger partial charge in [0.2, 0.25) is 0 Å². The third-order valence-corrected chi connectivity index (χ3v) is 11.6. The average Bonchev–Trinajstić information content (AvgIpc) is 3.38. The quantitative estimate of drug-likeness (QED) is 0.0794. The summed E-state index contributed by atoms with van der Waals surface area (Å²) in [5.74, 6) is 1.34. The molecule has 9 heteroatoms. The topological polar surface area (TPSA) is 51.2 Å². The van der Waals surface area contributed by atoms with Crippen molar-refractivity contribution < 1.29 is 19.0 Å². The summed E-state index contributed by atoms with van der Waals surface area (Å²) in [5, 5.41) is 0. The number of fused-ring (bicyclic) bond motifs is 4. The van der Waals surface area contributed by atoms with Crippen LogP contribution in [0.5, 0.6) is 5.75 Å². The number of rotatable bonds is 17. The normalized spacial score (nSPS) is 15.7. The minimum atomic E-state index is 0.0326. The summed E-state index contributed by atoms with van der Waals surface area (Å²) in [7, 11) is 3.68. The zero-order valence-electron chi connectivity index (χ0n) is 28.5. The Morgan fingerprint density at radius 1 is 1.00 bits per heavy atom. The van der Waals surface area contributed by atoms with Gasteiger partial charge in [0.25, 0.3) is 5.91 Å². The number of hydrogen-bond acceptors (Lipinski definition) is 7. The van der Waals surface area contributed by atoms with Crippen molar-refractivity contribution in [1.82, 2.24) is 0 Å². The first-order valence-electron chi connectivity index (χ1n) is 16.7. The standard InChI is InChI=1S/C38H49ClN2O4S2/c1-6-14-43-16-17-44-15-13-40(26-38(3,4)47-46-5)33-20-28(24-39)19-29(21-33)25-45-36-23-30-11-12-32-22-31-9-7-8-10-35(31)41(32)37(42)34(30)18-27(36)2/h7-10,18-21,23,32H,6,11-17,22,24-26H2,1-5H3. The second-order valence-corrected chi connectivity index (χ2v) is 16.4. The Balaban J connectivity index is 1.32. The lowest BCUT2D eigenvalue weighted by molar-refractivity contribution is 0.0505. The molecule has 0 aliphatic carbocycles. The number of ether oxygens (including phenoxy) is 3. The molecule has 3 aromatic carbocycles. The van der Waals surface area contributed by atoms with Gasteiger partial charge >= 0.3 is 0 Å². The van der Waals surface area contributed by atoms with Gasteiger partial charge < -0.3 is 24.0 Å². The van der Waals surface area contributed by atoms with E-state index in [1.807, 2.05) is 34.8 Å². The van der Waals surface area contributed by atoms with E-state index in [9.17, 15) is 4.79 Å². The molecule has 0 spiro atoms. The van der Waals surface area contributed by atoms with Gasteiger partial charge in [-0.3, -0.25) is 4.79 Å². The van der Waals surface area contributed by atoms with Gasteiger partial charge in [-0.15, -0.1) is 11.6 Å². The van der Waals surface area contributed by atoms with Gasteiger partial charge in [0, 0.05) is 53.3 Å². The number of amides is 1. The first-order chi connectivity index (χ1) is 22.7. The van der Waals surface area contributed by atoms with E-state index in [0.717, 1.165) is 90.3 Å². The van der Waals surface area contributed by atoms with Crippen LogP contribution in [0.4, 0.5) is 11.4 Å². The van der Waals surface area contributed by atoms with Crippen molar-refractivity contribution in [3.05, 3.63) is 88.0 Å². The van der Waals surface area contributed by atoms with Crippen molar-refractivity contribution in [3.63, 3.8) is 0 Å². The molecule has 3 aromatic rings. The Morgan fingerprint density at radius 2 is 1.77 bits per heavy atom. The summed E-state index contributed by atoms with van der Waals surface area (Å²) in [4.78, 5) is 18.3. The molecule has 2 aliphatic heterocycles. The first kappa shape index (κ1) is 35.9. The van der Waals surface area contributed by atoms with E-state index in [-0.39, 0.29) is 16.7 Å². The van der Waals surface area contributed by atoms with Crippen molar-refractivity contribution in [2.45, 2.75) is 76.7 Å². The monoisotopic (exact) mass is 696 g/mol. The van der Waals surface area contributed by atoms with E-state index in [0.29, 0.717) is 32.3 Å². The molecule has 0 radical (unpaired) electrons. The number of aryl methyl sites for hydroxylation is 2. The molecule has 0 saturated carbocycles. The summed E-state index contributed by atoms with van der Waals surface area (Å²) < 4.78 is 18.1. The minimum absolute atomic E-state index is 0.0326. The molecule has 0 saturated heterocycles. The van der Waals surface area contributed by atoms with Gasteiger partial charge in [0.15, 0.2) is 0 Å². The number of anilines is 2. The molecule has 1 atom stereocenters. The van der Waals surface area contributed by atoms with E-state index in [1.54, 1.807) is 10.8 Å². The molecule has 1 amide bonds. The van der Waals surface area contributed by atoms with Gasteiger partial charge in [-0.05, 0) is 111 Å². The highest BCUT2D eigenvalue weighted by Gasteiger charge is 2.37. The van der Waals surface area contributed by atoms with E-state index < -0.39 is 0 Å². The zero-order chi connectivity index (χ0) is 33.4. The maximum absolute atomic E-state index is 13.8. The number of carbonyl (C=O) groups excluding carboxylic acids is 1. The molecule has 6 nitrogen and oxygen atoms in total. The fourth-order valence-electron chi connectivity index (χ4n) is 6.61. The van der Waals surface area contributed by atoms with Crippen molar-refractivity contribution in [2.75, 3.05) is 55.6 Å². The van der Waals surface area contributed by atoms with Crippen LogP contribution < -0.4 is 14.5 Å². The molecule has 0 N–H and O–H groups in total. The lowest BCUT2D eigenvalue weighted by Crippen LogP contribution is -2.38. The molecular weight excluding hydrogens is 648 g/mol. The number of carbonyl (C=O) groups is 1. The maximum Gasteiger partial charge on any atom is 0.258 e. The highest BCUT2D eigenvalue weighted by atomic mass is 35.5. The van der Waals surface area contributed by atoms with Gasteiger partial charge in [-0.1, -0.05) is 52.8 Å². The molecule has 2 heterocycles. The second kappa shape index (κ2) is 16.8. The van der Waals surface area contributed by atoms with Gasteiger partial charge in [-0.2, -0.15) is 0 Å². The number of nitrogens with zero attached hydrogens (tertiary/aromatic N) is 2. The van der Waals surface area contributed by atoms with E-state index in [1.165, 1.54) is 5.56 Å². The molecule has 0 fully saturated rings. The van der Waals surface area contributed by atoms with Crippen LogP contribution in [0.25, 0.3) is 0 Å². The van der Waals surface area contributed by atoms with Crippen LogP contribution in [0.2, 0.25) is 0 Å². The molecule has 47 heavy (non-hydrogen) atoms. The van der Waals surface area contributed by atoms with Crippen LogP contribution in [0.15, 0.2) is 54.6 Å². The zero-order valence-corrected chi connectivity index (χ0v) is 30.9. The highest BCUT2D eigenvalue weighted by Crippen LogP contribution is 2.39. The lowest BCUT2D eigenvalue weighted by Gasteiger charge is -2.34. The van der Waals surface area contributed by atoms with E-state index >= 15 is 0 Å². The Bertz CT molecular complexity index is 1520. The molecule has 1 unspecified atom stereocenters. The fraction of sp³-hybridized carbons (Fsp3) is 0.500. The van der Waals surface area contributed by atoms with Gasteiger partial charge in [0.1, 0.15) is 12.4 Å². The third kappa shape index (κ3) is 9.21. The minimum Gasteiger partial charge on any atom is -0.489 e. The van der Waals surface area contributed by atoms with Crippen molar-refractivity contribution >= 4 is 50.5 Å². The maximum atomic E-state index is 13.8. The SMILES string of the molecule is CCCOCCOCCN(CC(C)(C)SSC)c1cc(CCl)cc(COc2cc3c(cc2C)C(=O)N2c4ccccc4CC2CC3)c1. The third-order valence-electron chi connectivity index (χ3n) is 8.73. The highest BCUT2D eigenvalue weighted by molar-refractivity contribution is 8.77. The first-order valence-corrected chi connectivity index (χ1v) is 19.8. The molecule has 5 rings (SSSR count). The lowest BCUT2D eigenvalue weighted by atomic mass is 9.98. The van der Waals surface area contributed by atoms with Crippen LogP contribution in [0.1, 0.15) is 71.8 Å². The second-order valence-electron chi connectivity index (χ2n) is 13.1. The summed E-state index contributed by atoms with van der Waals surface area (Å²) in [6.07, 6.45) is 5.85. The summed E-state index contributed by atoms with van der Waals surface area (Å²) in [6.45, 7) is 13.3. The number of hydrogen-bond donors (Lipinski definition) is 0. The molecule has 0 aromatic heterocycles. The smallest absolute Gasteiger partial charge is 0.258 e. The van der Waals surface area contributed by atoms with Crippen LogP contribution in [-0.4, -0.2) is 62.5 Å². The molecular formula is C38H49ClN2O4S2. The van der Waals surface area contributed by atoms with Crippen LogP contribution in [0, 0.1) is 6.92 Å². The predicted octanol–water partition coefficient (Wildman–Crippen LogP) is 8.87. The number of alkyl halides is 1. The molecule has 254 valence electrons. The average molecular weight is 697 g/mol. The molecule has 2 aliphatic rings.